The van der Waals surface area contributed by atoms with E-state index in [9.17, 15) is 4.79 Å². The van der Waals surface area contributed by atoms with E-state index in [1.54, 1.807) is 6.92 Å². The molecule has 1 unspecified atom stereocenters. The highest BCUT2D eigenvalue weighted by atomic mass is 79.9. The van der Waals surface area contributed by atoms with Crippen LogP contribution in [-0.2, 0) is 4.79 Å². The number of aliphatic carboxylic acids is 1. The fourth-order valence-corrected chi connectivity index (χ4v) is 2.43. The van der Waals surface area contributed by atoms with Gasteiger partial charge in [-0.25, -0.2) is 9.48 Å². The molecule has 0 saturated heterocycles. The van der Waals surface area contributed by atoms with Crippen LogP contribution in [0.4, 0.5) is 0 Å². The van der Waals surface area contributed by atoms with Gasteiger partial charge in [0.25, 0.3) is 0 Å². The van der Waals surface area contributed by atoms with Crippen LogP contribution in [0.3, 0.4) is 0 Å². The predicted molar refractivity (Wildman–Crippen MR) is 62.3 cm³/mol. The van der Waals surface area contributed by atoms with E-state index in [0.29, 0.717) is 15.6 Å². The molecule has 7 heteroatoms. The first-order valence-electron chi connectivity index (χ1n) is 3.80. The van der Waals surface area contributed by atoms with Crippen LogP contribution >= 0.6 is 47.8 Å². The number of rotatable bonds is 3. The van der Waals surface area contributed by atoms with Crippen molar-refractivity contribution < 1.29 is 9.90 Å². The lowest BCUT2D eigenvalue weighted by molar-refractivity contribution is -0.141. The van der Waals surface area contributed by atoms with Crippen LogP contribution in [0.2, 0.25) is 0 Å². The quantitative estimate of drug-likeness (QED) is 0.862. The minimum absolute atomic E-state index is 0.481. The van der Waals surface area contributed by atoms with E-state index >= 15 is 0 Å². The molecule has 0 aromatic carbocycles. The standard InChI is InChI=1S/C7H7Br3N2O2/c1-2-3(7(13)14)12-6(10)4(8)5(9)11-12/h3H,2H2,1H3,(H,13,14). The molecule has 1 rings (SSSR count). The largest absolute Gasteiger partial charge is 0.480 e. The van der Waals surface area contributed by atoms with Crippen molar-refractivity contribution in [2.24, 2.45) is 0 Å². The topological polar surface area (TPSA) is 55.1 Å². The molecule has 0 spiro atoms. The molecule has 0 aliphatic rings. The van der Waals surface area contributed by atoms with Crippen molar-refractivity contribution in [1.29, 1.82) is 0 Å². The average molecular weight is 391 g/mol. The minimum Gasteiger partial charge on any atom is -0.480 e. The van der Waals surface area contributed by atoms with E-state index in [1.807, 2.05) is 0 Å². The Labute approximate surface area is 106 Å². The fraction of sp³-hybridized carbons (Fsp3) is 0.429. The lowest BCUT2D eigenvalue weighted by atomic mass is 10.2. The first-order valence-corrected chi connectivity index (χ1v) is 6.18. The second-order valence-electron chi connectivity index (χ2n) is 2.60. The van der Waals surface area contributed by atoms with Gasteiger partial charge in [0.05, 0.1) is 4.47 Å². The van der Waals surface area contributed by atoms with Crippen molar-refractivity contribution in [2.45, 2.75) is 19.4 Å². The molecule has 0 amide bonds. The van der Waals surface area contributed by atoms with Gasteiger partial charge in [-0.3, -0.25) is 0 Å². The summed E-state index contributed by atoms with van der Waals surface area (Å²) in [6, 6.07) is -0.646. The van der Waals surface area contributed by atoms with E-state index in [1.165, 1.54) is 4.68 Å². The number of carboxylic acid groups (broad SMARTS) is 1. The van der Waals surface area contributed by atoms with Crippen molar-refractivity contribution in [3.8, 4) is 0 Å². The summed E-state index contributed by atoms with van der Waals surface area (Å²) in [6.45, 7) is 1.80. The third kappa shape index (κ3) is 2.20. The molecule has 1 aromatic rings. The molecule has 0 fully saturated rings. The first-order chi connectivity index (χ1) is 6.49. The van der Waals surface area contributed by atoms with Gasteiger partial charge in [0.15, 0.2) is 0 Å². The molecule has 0 bridgehead atoms. The van der Waals surface area contributed by atoms with E-state index in [-0.39, 0.29) is 0 Å². The summed E-state index contributed by atoms with van der Waals surface area (Å²) in [7, 11) is 0. The van der Waals surface area contributed by atoms with E-state index in [2.05, 4.69) is 52.9 Å². The molecule has 78 valence electrons. The summed E-state index contributed by atoms with van der Waals surface area (Å²) in [4.78, 5) is 10.9. The van der Waals surface area contributed by atoms with E-state index in [4.69, 9.17) is 5.11 Å². The predicted octanol–water partition coefficient (Wildman–Crippen LogP) is 3.21. The molecular weight excluding hydrogens is 384 g/mol. The highest BCUT2D eigenvalue weighted by molar-refractivity contribution is 9.14. The highest BCUT2D eigenvalue weighted by Crippen LogP contribution is 2.32. The Balaban J connectivity index is 3.17. The van der Waals surface area contributed by atoms with Crippen LogP contribution in [0.25, 0.3) is 0 Å². The monoisotopic (exact) mass is 388 g/mol. The maximum Gasteiger partial charge on any atom is 0.328 e. The van der Waals surface area contributed by atoms with Crippen LogP contribution in [0.15, 0.2) is 13.7 Å². The summed E-state index contributed by atoms with van der Waals surface area (Å²) < 4.78 is 3.36. The van der Waals surface area contributed by atoms with Crippen LogP contribution in [0, 0.1) is 0 Å². The van der Waals surface area contributed by atoms with Crippen molar-refractivity contribution in [3.63, 3.8) is 0 Å². The molecular formula is C7H7Br3N2O2. The zero-order valence-electron chi connectivity index (χ0n) is 7.17. The molecule has 1 heterocycles. The summed E-state index contributed by atoms with van der Waals surface area (Å²) in [5.41, 5.74) is 0. The normalized spacial score (nSPS) is 12.9. The van der Waals surface area contributed by atoms with Crippen molar-refractivity contribution in [1.82, 2.24) is 9.78 Å². The fourth-order valence-electron chi connectivity index (χ4n) is 1.03. The first kappa shape index (κ1) is 12.2. The number of halogens is 3. The van der Waals surface area contributed by atoms with Crippen LogP contribution in [-0.4, -0.2) is 20.9 Å². The van der Waals surface area contributed by atoms with E-state index < -0.39 is 12.0 Å². The van der Waals surface area contributed by atoms with Gasteiger partial charge in [-0.05, 0) is 54.2 Å². The second kappa shape index (κ2) is 4.76. The van der Waals surface area contributed by atoms with Gasteiger partial charge in [0, 0.05) is 0 Å². The third-order valence-electron chi connectivity index (χ3n) is 1.73. The Morgan fingerprint density at radius 2 is 2.14 bits per heavy atom. The van der Waals surface area contributed by atoms with Gasteiger partial charge < -0.3 is 5.11 Å². The maximum absolute atomic E-state index is 10.9. The van der Waals surface area contributed by atoms with Crippen LogP contribution < -0.4 is 0 Å². The Bertz CT molecular complexity index is 364. The van der Waals surface area contributed by atoms with E-state index in [0.717, 1.165) is 4.47 Å². The number of aromatic nitrogens is 2. The zero-order chi connectivity index (χ0) is 10.9. The number of carboxylic acids is 1. The van der Waals surface area contributed by atoms with Crippen LogP contribution in [0.1, 0.15) is 19.4 Å². The smallest absolute Gasteiger partial charge is 0.328 e. The Hall–Kier alpha value is 0.120. The Kier molecular flexibility index (Phi) is 4.15. The molecule has 1 atom stereocenters. The number of hydrogen-bond acceptors (Lipinski definition) is 2. The SMILES string of the molecule is CCC(C(=O)O)n1nc(Br)c(Br)c1Br. The average Bonchev–Trinajstić information content (AvgIpc) is 2.35. The van der Waals surface area contributed by atoms with Gasteiger partial charge in [-0.1, -0.05) is 6.92 Å². The van der Waals surface area contributed by atoms with Crippen LogP contribution in [0.5, 0.6) is 0 Å². The summed E-state index contributed by atoms with van der Waals surface area (Å²) in [5.74, 6) is -0.893. The van der Waals surface area contributed by atoms with Gasteiger partial charge in [0.2, 0.25) is 0 Å². The van der Waals surface area contributed by atoms with Crippen molar-refractivity contribution in [3.05, 3.63) is 13.7 Å². The molecule has 0 aliphatic heterocycles. The highest BCUT2D eigenvalue weighted by Gasteiger charge is 2.23. The minimum atomic E-state index is -0.893. The molecule has 0 aliphatic carbocycles. The molecule has 4 nitrogen and oxygen atoms in total. The van der Waals surface area contributed by atoms with Gasteiger partial charge >= 0.3 is 5.97 Å². The molecule has 0 radical (unpaired) electrons. The number of nitrogens with zero attached hydrogens (tertiary/aromatic N) is 2. The van der Waals surface area contributed by atoms with Gasteiger partial charge in [-0.2, -0.15) is 5.10 Å². The molecule has 1 N–H and O–H groups in total. The van der Waals surface area contributed by atoms with Gasteiger partial charge in [0.1, 0.15) is 15.2 Å². The van der Waals surface area contributed by atoms with Gasteiger partial charge in [-0.15, -0.1) is 0 Å². The maximum atomic E-state index is 10.9. The summed E-state index contributed by atoms with van der Waals surface area (Å²) >= 11 is 9.76. The molecule has 14 heavy (non-hydrogen) atoms. The van der Waals surface area contributed by atoms with Crippen molar-refractivity contribution >= 4 is 53.8 Å². The molecule has 0 saturated carbocycles. The third-order valence-corrected chi connectivity index (χ3v) is 4.86. The molecule has 1 aromatic heterocycles. The lowest BCUT2D eigenvalue weighted by Gasteiger charge is -2.10. The zero-order valence-corrected chi connectivity index (χ0v) is 11.9. The summed E-state index contributed by atoms with van der Waals surface area (Å²) in [5, 5.41) is 13.0. The Morgan fingerprint density at radius 3 is 2.43 bits per heavy atom. The number of hydrogen-bond donors (Lipinski definition) is 1. The summed E-state index contributed by atoms with van der Waals surface area (Å²) in [6.07, 6.45) is 0.481. The number of carbonyl (C=O) groups is 1. The Morgan fingerprint density at radius 1 is 1.57 bits per heavy atom. The lowest BCUT2D eigenvalue weighted by Crippen LogP contribution is -2.19. The van der Waals surface area contributed by atoms with Crippen molar-refractivity contribution in [2.75, 3.05) is 0 Å². The second-order valence-corrected chi connectivity index (χ2v) is 4.90.